The van der Waals surface area contributed by atoms with Crippen molar-refractivity contribution < 1.29 is 23.8 Å². The van der Waals surface area contributed by atoms with E-state index in [9.17, 15) is 14.7 Å². The number of aliphatic hydroxyl groups is 1. The molecule has 6 fully saturated rings. The van der Waals surface area contributed by atoms with Gasteiger partial charge in [0.05, 0.1) is 11.9 Å². The standard InChI is InChI=1S/C32H45NO5/c1-18-6-9-29-32(3,36)24-8-7-20-21(23(24)17-33(29)16-18)14-25-22(20)15-27(34)26-13-19(10-11-31(25,26)2)38-30(35)28-5-4-12-37-28/h4-5,12,18-26,29,36H,6-11,13-17H2,1-3H3/t18-,19+,20-,21-,22-,23+,24-,25+,26-,29+,31-,32+/m1/s1. The lowest BCUT2D eigenvalue weighted by Gasteiger charge is -2.59. The van der Waals surface area contributed by atoms with Crippen LogP contribution in [0, 0.1) is 52.8 Å². The van der Waals surface area contributed by atoms with Crippen molar-refractivity contribution >= 4 is 11.8 Å². The summed E-state index contributed by atoms with van der Waals surface area (Å²) in [5.74, 6) is 4.10. The number of piperidine rings is 2. The number of carbonyl (C=O) groups is 2. The maximum atomic E-state index is 13.7. The molecule has 1 aromatic rings. The number of nitrogens with zero attached hydrogens (tertiary/aromatic N) is 1. The summed E-state index contributed by atoms with van der Waals surface area (Å²) in [4.78, 5) is 28.9. The van der Waals surface area contributed by atoms with Crippen LogP contribution >= 0.6 is 0 Å². The molecule has 6 heteroatoms. The zero-order valence-corrected chi connectivity index (χ0v) is 23.3. The van der Waals surface area contributed by atoms with E-state index in [0.29, 0.717) is 66.1 Å². The molecule has 2 aliphatic heterocycles. The lowest BCUT2D eigenvalue weighted by atomic mass is 9.51. The van der Waals surface area contributed by atoms with Crippen molar-refractivity contribution in [2.45, 2.75) is 96.3 Å². The molecule has 4 aliphatic carbocycles. The molecule has 208 valence electrons. The third kappa shape index (κ3) is 3.72. The Labute approximate surface area is 226 Å². The number of ketones is 1. The third-order valence-corrected chi connectivity index (χ3v) is 12.8. The number of ether oxygens (including phenoxy) is 1. The van der Waals surface area contributed by atoms with E-state index in [1.54, 1.807) is 12.1 Å². The normalized spacial score (nSPS) is 50.3. The summed E-state index contributed by atoms with van der Waals surface area (Å²) in [7, 11) is 0. The molecule has 1 N–H and O–H groups in total. The lowest BCUT2D eigenvalue weighted by molar-refractivity contribution is -0.175. The van der Waals surface area contributed by atoms with Crippen LogP contribution in [0.1, 0.15) is 89.1 Å². The summed E-state index contributed by atoms with van der Waals surface area (Å²) in [5, 5.41) is 11.9. The Balaban J connectivity index is 1.11. The van der Waals surface area contributed by atoms with Crippen molar-refractivity contribution in [2.75, 3.05) is 13.1 Å². The largest absolute Gasteiger partial charge is 0.457 e. The highest BCUT2D eigenvalue weighted by atomic mass is 16.6. The van der Waals surface area contributed by atoms with Gasteiger partial charge >= 0.3 is 5.97 Å². The summed E-state index contributed by atoms with van der Waals surface area (Å²) in [5.41, 5.74) is -0.625. The molecule has 38 heavy (non-hydrogen) atoms. The Morgan fingerprint density at radius 1 is 1.03 bits per heavy atom. The second-order valence-corrected chi connectivity index (χ2v) is 14.6. The molecule has 0 spiro atoms. The van der Waals surface area contributed by atoms with Gasteiger partial charge in [-0.2, -0.15) is 0 Å². The van der Waals surface area contributed by atoms with Crippen molar-refractivity contribution in [3.63, 3.8) is 0 Å². The number of hydrogen-bond acceptors (Lipinski definition) is 6. The molecule has 0 radical (unpaired) electrons. The minimum atomic E-state index is -0.611. The highest BCUT2D eigenvalue weighted by molar-refractivity contribution is 5.86. The summed E-state index contributed by atoms with van der Waals surface area (Å²) >= 11 is 0. The van der Waals surface area contributed by atoms with Crippen molar-refractivity contribution in [2.24, 2.45) is 52.8 Å². The quantitative estimate of drug-likeness (QED) is 0.527. The van der Waals surface area contributed by atoms with Crippen LogP contribution in [-0.4, -0.2) is 52.6 Å². The Bertz CT molecular complexity index is 1080. The van der Waals surface area contributed by atoms with Crippen LogP contribution in [0.25, 0.3) is 0 Å². The van der Waals surface area contributed by atoms with Crippen LogP contribution in [0.15, 0.2) is 22.8 Å². The van der Waals surface area contributed by atoms with Gasteiger partial charge in [0.2, 0.25) is 5.76 Å². The molecular weight excluding hydrogens is 478 g/mol. The number of hydrogen-bond donors (Lipinski definition) is 1. The zero-order chi connectivity index (χ0) is 26.4. The van der Waals surface area contributed by atoms with Crippen LogP contribution in [0.2, 0.25) is 0 Å². The fourth-order valence-corrected chi connectivity index (χ4v) is 11.1. The molecule has 3 heterocycles. The second-order valence-electron chi connectivity index (χ2n) is 14.6. The predicted octanol–water partition coefficient (Wildman–Crippen LogP) is 5.34. The molecule has 2 saturated heterocycles. The van der Waals surface area contributed by atoms with Gasteiger partial charge in [-0.25, -0.2) is 4.79 Å². The topological polar surface area (TPSA) is 80.0 Å². The molecule has 4 saturated carbocycles. The Morgan fingerprint density at radius 3 is 2.66 bits per heavy atom. The highest BCUT2D eigenvalue weighted by Crippen LogP contribution is 2.66. The van der Waals surface area contributed by atoms with E-state index in [-0.39, 0.29) is 23.2 Å². The fraction of sp³-hybridized carbons (Fsp3) is 0.812. The van der Waals surface area contributed by atoms with Crippen LogP contribution < -0.4 is 0 Å². The number of furan rings is 1. The van der Waals surface area contributed by atoms with Crippen LogP contribution in [0.4, 0.5) is 0 Å². The molecule has 0 amide bonds. The monoisotopic (exact) mass is 523 g/mol. The van der Waals surface area contributed by atoms with E-state index in [0.717, 1.165) is 38.8 Å². The predicted molar refractivity (Wildman–Crippen MR) is 142 cm³/mol. The average Bonchev–Trinajstić information content (AvgIpc) is 3.54. The molecular formula is C32H45NO5. The van der Waals surface area contributed by atoms with Gasteiger partial charge in [0.25, 0.3) is 0 Å². The fourth-order valence-electron chi connectivity index (χ4n) is 11.1. The molecule has 0 unspecified atom stereocenters. The second kappa shape index (κ2) is 8.92. The van der Waals surface area contributed by atoms with E-state index in [4.69, 9.17) is 9.15 Å². The number of carbonyl (C=O) groups excluding carboxylic acids is 2. The van der Waals surface area contributed by atoms with E-state index >= 15 is 0 Å². The summed E-state index contributed by atoms with van der Waals surface area (Å²) in [6.45, 7) is 9.14. The molecule has 0 bridgehead atoms. The molecule has 7 rings (SSSR count). The summed E-state index contributed by atoms with van der Waals surface area (Å²) in [6, 6.07) is 3.64. The first-order valence-corrected chi connectivity index (χ1v) is 15.4. The zero-order valence-electron chi connectivity index (χ0n) is 23.3. The van der Waals surface area contributed by atoms with Gasteiger partial charge in [0, 0.05) is 31.5 Å². The summed E-state index contributed by atoms with van der Waals surface area (Å²) < 4.78 is 11.0. The first-order valence-electron chi connectivity index (χ1n) is 15.4. The SMILES string of the molecule is C[C@@H]1CC[C@@H]2N(C1)C[C@H]1[C@@H]3C[C@H]4[C@H](CC(=O)[C@H]5C[C@@H](OC(=O)c6ccco6)CC[C@@]54C)[C@@H]3CC[C@H]1[C@]2(C)O. The van der Waals surface area contributed by atoms with Gasteiger partial charge in [-0.05, 0) is 117 Å². The lowest BCUT2D eigenvalue weighted by Crippen LogP contribution is -2.67. The van der Waals surface area contributed by atoms with Crippen LogP contribution in [-0.2, 0) is 9.53 Å². The van der Waals surface area contributed by atoms with Gasteiger partial charge in [-0.1, -0.05) is 13.8 Å². The van der Waals surface area contributed by atoms with Crippen molar-refractivity contribution in [1.29, 1.82) is 0 Å². The molecule has 1 aromatic heterocycles. The first kappa shape index (κ1) is 25.3. The van der Waals surface area contributed by atoms with Gasteiger partial charge in [0.1, 0.15) is 11.9 Å². The third-order valence-electron chi connectivity index (χ3n) is 12.8. The van der Waals surface area contributed by atoms with Gasteiger partial charge in [-0.15, -0.1) is 0 Å². The van der Waals surface area contributed by atoms with Crippen molar-refractivity contribution in [3.05, 3.63) is 24.2 Å². The number of fused-ring (bicyclic) bond motifs is 8. The molecule has 12 atom stereocenters. The first-order chi connectivity index (χ1) is 18.2. The number of Topliss-reactive ketones (excluding diaryl/α,β-unsaturated/α-hetero) is 1. The number of esters is 1. The van der Waals surface area contributed by atoms with E-state index in [1.807, 2.05) is 0 Å². The maximum Gasteiger partial charge on any atom is 0.374 e. The minimum Gasteiger partial charge on any atom is -0.457 e. The molecule has 6 aliphatic rings. The number of rotatable bonds is 2. The van der Waals surface area contributed by atoms with Crippen LogP contribution in [0.5, 0.6) is 0 Å². The van der Waals surface area contributed by atoms with E-state index < -0.39 is 11.6 Å². The van der Waals surface area contributed by atoms with Crippen molar-refractivity contribution in [3.8, 4) is 0 Å². The smallest absolute Gasteiger partial charge is 0.374 e. The molecule has 0 aromatic carbocycles. The average molecular weight is 524 g/mol. The molecule has 6 nitrogen and oxygen atoms in total. The summed E-state index contributed by atoms with van der Waals surface area (Å²) in [6.07, 6.45) is 10.2. The van der Waals surface area contributed by atoms with E-state index in [2.05, 4.69) is 25.7 Å². The van der Waals surface area contributed by atoms with Gasteiger partial charge in [-0.3, -0.25) is 9.69 Å². The van der Waals surface area contributed by atoms with Gasteiger partial charge < -0.3 is 14.3 Å². The highest BCUT2D eigenvalue weighted by Gasteiger charge is 2.64. The van der Waals surface area contributed by atoms with Crippen LogP contribution in [0.3, 0.4) is 0 Å². The Morgan fingerprint density at radius 2 is 1.87 bits per heavy atom. The van der Waals surface area contributed by atoms with Crippen molar-refractivity contribution in [1.82, 2.24) is 4.90 Å². The maximum absolute atomic E-state index is 13.7. The van der Waals surface area contributed by atoms with Gasteiger partial charge in [0.15, 0.2) is 0 Å². The minimum absolute atomic E-state index is 0.0141. The Hall–Kier alpha value is -1.66. The van der Waals surface area contributed by atoms with E-state index in [1.165, 1.54) is 25.5 Å². The Kier molecular flexibility index (Phi) is 5.94.